The van der Waals surface area contributed by atoms with Gasteiger partial charge in [0.05, 0.1) is 25.9 Å². The molecule has 1 aliphatic heterocycles. The summed E-state index contributed by atoms with van der Waals surface area (Å²) >= 11 is 0. The summed E-state index contributed by atoms with van der Waals surface area (Å²) in [5, 5.41) is 6.72. The standard InChI is InChI=1S/C24H35N5O2/c1-5-25-24(28-16-21-9-7-18(3)13-22(21)30-6-2)27-15-20-8-10-23(26-14-20)29-11-12-31-19(4)17-29/h7-10,13-14,19H,5-6,11-12,15-17H2,1-4H3,(H2,25,27,28). The van der Waals surface area contributed by atoms with Gasteiger partial charge in [-0.25, -0.2) is 9.98 Å². The monoisotopic (exact) mass is 425 g/mol. The Morgan fingerprint density at radius 3 is 2.84 bits per heavy atom. The van der Waals surface area contributed by atoms with Gasteiger partial charge in [0, 0.05) is 37.9 Å². The number of hydrogen-bond acceptors (Lipinski definition) is 5. The molecular weight excluding hydrogens is 390 g/mol. The first-order valence-corrected chi connectivity index (χ1v) is 11.1. The topological polar surface area (TPSA) is 71.0 Å². The van der Waals surface area contributed by atoms with E-state index in [4.69, 9.17) is 14.5 Å². The summed E-state index contributed by atoms with van der Waals surface area (Å²) in [6, 6.07) is 10.5. The lowest BCUT2D eigenvalue weighted by atomic mass is 10.1. The lowest BCUT2D eigenvalue weighted by Gasteiger charge is -2.32. The van der Waals surface area contributed by atoms with Gasteiger partial charge in [-0.3, -0.25) is 0 Å². The number of morpholine rings is 1. The number of aliphatic imine (C=N–C) groups is 1. The number of aryl methyl sites for hydroxylation is 1. The zero-order valence-corrected chi connectivity index (χ0v) is 19.1. The highest BCUT2D eigenvalue weighted by atomic mass is 16.5. The summed E-state index contributed by atoms with van der Waals surface area (Å²) in [5.41, 5.74) is 3.38. The molecule has 1 saturated heterocycles. The van der Waals surface area contributed by atoms with Crippen LogP contribution < -0.4 is 20.3 Å². The fourth-order valence-electron chi connectivity index (χ4n) is 3.51. The van der Waals surface area contributed by atoms with E-state index in [1.54, 1.807) is 0 Å². The summed E-state index contributed by atoms with van der Waals surface area (Å²) in [6.07, 6.45) is 2.15. The molecule has 2 N–H and O–H groups in total. The molecule has 1 aliphatic rings. The van der Waals surface area contributed by atoms with Gasteiger partial charge in [0.2, 0.25) is 0 Å². The van der Waals surface area contributed by atoms with Crippen molar-refractivity contribution in [2.45, 2.75) is 46.9 Å². The van der Waals surface area contributed by atoms with Crippen molar-refractivity contribution in [3.05, 3.63) is 53.2 Å². The second kappa shape index (κ2) is 11.6. The summed E-state index contributed by atoms with van der Waals surface area (Å²) in [7, 11) is 0. The van der Waals surface area contributed by atoms with Crippen molar-refractivity contribution in [2.24, 2.45) is 4.99 Å². The number of nitrogens with zero attached hydrogens (tertiary/aromatic N) is 3. The van der Waals surface area contributed by atoms with Crippen LogP contribution in [0.5, 0.6) is 5.75 Å². The van der Waals surface area contributed by atoms with Crippen LogP contribution in [-0.4, -0.2) is 49.9 Å². The van der Waals surface area contributed by atoms with E-state index >= 15 is 0 Å². The molecule has 0 saturated carbocycles. The predicted molar refractivity (Wildman–Crippen MR) is 126 cm³/mol. The molecule has 0 radical (unpaired) electrons. The zero-order chi connectivity index (χ0) is 22.1. The van der Waals surface area contributed by atoms with Gasteiger partial charge in [-0.15, -0.1) is 0 Å². The number of pyridine rings is 1. The average molecular weight is 426 g/mol. The third kappa shape index (κ3) is 6.85. The molecule has 0 amide bonds. The maximum Gasteiger partial charge on any atom is 0.191 e. The summed E-state index contributed by atoms with van der Waals surface area (Å²) < 4.78 is 11.4. The summed E-state index contributed by atoms with van der Waals surface area (Å²) in [5.74, 6) is 2.69. The molecular formula is C24H35N5O2. The Labute approximate surface area is 185 Å². The Morgan fingerprint density at radius 2 is 2.13 bits per heavy atom. The van der Waals surface area contributed by atoms with E-state index in [1.807, 2.05) is 13.1 Å². The SMILES string of the molecule is CCNC(=NCc1ccc(N2CCOC(C)C2)nc1)NCc1ccc(C)cc1OCC. The third-order valence-electron chi connectivity index (χ3n) is 5.11. The van der Waals surface area contributed by atoms with E-state index in [-0.39, 0.29) is 6.10 Å². The van der Waals surface area contributed by atoms with Crippen LogP contribution in [-0.2, 0) is 17.8 Å². The van der Waals surface area contributed by atoms with Crippen molar-refractivity contribution in [3.8, 4) is 5.75 Å². The number of aromatic nitrogens is 1. The number of benzene rings is 1. The smallest absolute Gasteiger partial charge is 0.191 e. The maximum atomic E-state index is 5.79. The van der Waals surface area contributed by atoms with E-state index < -0.39 is 0 Å². The molecule has 7 heteroatoms. The first-order chi connectivity index (χ1) is 15.1. The molecule has 31 heavy (non-hydrogen) atoms. The lowest BCUT2D eigenvalue weighted by molar-refractivity contribution is 0.0529. The number of hydrogen-bond donors (Lipinski definition) is 2. The van der Waals surface area contributed by atoms with Gasteiger partial charge in [-0.2, -0.15) is 0 Å². The minimum atomic E-state index is 0.241. The van der Waals surface area contributed by atoms with Crippen molar-refractivity contribution >= 4 is 11.8 Å². The quantitative estimate of drug-likeness (QED) is 0.500. The molecule has 7 nitrogen and oxygen atoms in total. The second-order valence-electron chi connectivity index (χ2n) is 7.74. The van der Waals surface area contributed by atoms with Gasteiger partial charge < -0.3 is 25.0 Å². The molecule has 3 rings (SSSR count). The van der Waals surface area contributed by atoms with Crippen molar-refractivity contribution in [1.82, 2.24) is 15.6 Å². The van der Waals surface area contributed by atoms with E-state index in [2.05, 4.69) is 71.6 Å². The normalized spacial score (nSPS) is 16.8. The fraction of sp³-hybridized carbons (Fsp3) is 0.500. The van der Waals surface area contributed by atoms with Crippen LogP contribution in [0.2, 0.25) is 0 Å². The number of guanidine groups is 1. The first-order valence-electron chi connectivity index (χ1n) is 11.1. The van der Waals surface area contributed by atoms with Gasteiger partial charge in [-0.05, 0) is 51.0 Å². The minimum absolute atomic E-state index is 0.241. The van der Waals surface area contributed by atoms with E-state index in [1.165, 1.54) is 5.56 Å². The van der Waals surface area contributed by atoms with Crippen LogP contribution >= 0.6 is 0 Å². The number of anilines is 1. The highest BCUT2D eigenvalue weighted by molar-refractivity contribution is 5.79. The van der Waals surface area contributed by atoms with Crippen molar-refractivity contribution in [1.29, 1.82) is 0 Å². The Balaban J connectivity index is 1.60. The van der Waals surface area contributed by atoms with E-state index in [9.17, 15) is 0 Å². The highest BCUT2D eigenvalue weighted by Crippen LogP contribution is 2.20. The largest absolute Gasteiger partial charge is 0.494 e. The van der Waals surface area contributed by atoms with Crippen molar-refractivity contribution < 1.29 is 9.47 Å². The summed E-state index contributed by atoms with van der Waals surface area (Å²) in [6.45, 7) is 13.4. The first kappa shape index (κ1) is 22.9. The molecule has 1 fully saturated rings. The van der Waals surface area contributed by atoms with E-state index in [0.29, 0.717) is 19.7 Å². The Kier molecular flexibility index (Phi) is 8.53. The van der Waals surface area contributed by atoms with Gasteiger partial charge in [0.1, 0.15) is 11.6 Å². The molecule has 1 aromatic heterocycles. The van der Waals surface area contributed by atoms with Gasteiger partial charge in [0.25, 0.3) is 0 Å². The lowest BCUT2D eigenvalue weighted by Crippen LogP contribution is -2.41. The van der Waals surface area contributed by atoms with Crippen LogP contribution in [0.1, 0.15) is 37.5 Å². The minimum Gasteiger partial charge on any atom is -0.494 e. The van der Waals surface area contributed by atoms with Crippen LogP contribution in [0.15, 0.2) is 41.5 Å². The zero-order valence-electron chi connectivity index (χ0n) is 19.1. The van der Waals surface area contributed by atoms with Crippen LogP contribution in [0, 0.1) is 6.92 Å². The maximum absolute atomic E-state index is 5.79. The second-order valence-corrected chi connectivity index (χ2v) is 7.74. The van der Waals surface area contributed by atoms with Crippen LogP contribution in [0.3, 0.4) is 0 Å². The molecule has 0 aliphatic carbocycles. The van der Waals surface area contributed by atoms with Gasteiger partial charge >= 0.3 is 0 Å². The molecule has 0 bridgehead atoms. The molecule has 2 heterocycles. The Morgan fingerprint density at radius 1 is 1.26 bits per heavy atom. The number of ether oxygens (including phenoxy) is 2. The molecule has 0 spiro atoms. The summed E-state index contributed by atoms with van der Waals surface area (Å²) in [4.78, 5) is 11.6. The molecule has 168 valence electrons. The number of rotatable bonds is 8. The average Bonchev–Trinajstić information content (AvgIpc) is 2.77. The molecule has 1 atom stereocenters. The fourth-order valence-corrected chi connectivity index (χ4v) is 3.51. The van der Waals surface area contributed by atoms with Crippen molar-refractivity contribution in [3.63, 3.8) is 0 Å². The predicted octanol–water partition coefficient (Wildman–Crippen LogP) is 3.27. The Bertz CT molecular complexity index is 854. The number of nitrogens with one attached hydrogen (secondary N) is 2. The molecule has 1 aromatic carbocycles. The van der Waals surface area contributed by atoms with E-state index in [0.717, 1.165) is 54.9 Å². The molecule has 2 aromatic rings. The Hall–Kier alpha value is -2.80. The molecule has 1 unspecified atom stereocenters. The van der Waals surface area contributed by atoms with Gasteiger partial charge in [0.15, 0.2) is 5.96 Å². The van der Waals surface area contributed by atoms with Crippen LogP contribution in [0.4, 0.5) is 5.82 Å². The van der Waals surface area contributed by atoms with Crippen LogP contribution in [0.25, 0.3) is 0 Å². The highest BCUT2D eigenvalue weighted by Gasteiger charge is 2.17. The van der Waals surface area contributed by atoms with Gasteiger partial charge in [-0.1, -0.05) is 18.2 Å². The third-order valence-corrected chi connectivity index (χ3v) is 5.11. The van der Waals surface area contributed by atoms with Crippen molar-refractivity contribution in [2.75, 3.05) is 37.7 Å².